The van der Waals surface area contributed by atoms with Crippen LogP contribution < -0.4 is 4.74 Å². The molecule has 0 bridgehead atoms. The van der Waals surface area contributed by atoms with Crippen LogP contribution in [0.5, 0.6) is 5.75 Å². The van der Waals surface area contributed by atoms with E-state index in [1.807, 2.05) is 47.4 Å². The summed E-state index contributed by atoms with van der Waals surface area (Å²) in [4.78, 5) is 27.0. The van der Waals surface area contributed by atoms with Gasteiger partial charge in [-0.3, -0.25) is 14.7 Å². The average Bonchev–Trinajstić information content (AvgIpc) is 3.37. The maximum absolute atomic E-state index is 13.6. The molecule has 0 unspecified atom stereocenters. The first-order chi connectivity index (χ1) is 16.7. The van der Waals surface area contributed by atoms with Gasteiger partial charge in [-0.05, 0) is 41.5 Å². The summed E-state index contributed by atoms with van der Waals surface area (Å²) >= 11 is 0. The third kappa shape index (κ3) is 4.01. The molecule has 0 saturated carbocycles. The Morgan fingerprint density at radius 2 is 1.76 bits per heavy atom. The van der Waals surface area contributed by atoms with E-state index in [1.54, 1.807) is 12.4 Å². The van der Waals surface area contributed by atoms with Crippen LogP contribution in [0.1, 0.15) is 21.5 Å². The molecule has 4 heterocycles. The molecule has 1 fully saturated rings. The lowest BCUT2D eigenvalue weighted by Crippen LogP contribution is -2.48. The molecule has 170 valence electrons. The van der Waals surface area contributed by atoms with Crippen LogP contribution in [0.25, 0.3) is 22.2 Å². The van der Waals surface area contributed by atoms with E-state index in [1.165, 1.54) is 11.1 Å². The molecule has 1 saturated heterocycles. The third-order valence-electron chi connectivity index (χ3n) is 6.74. The first kappa shape index (κ1) is 20.8. The summed E-state index contributed by atoms with van der Waals surface area (Å²) in [6.45, 7) is 4.84. The second-order valence-corrected chi connectivity index (χ2v) is 8.92. The fourth-order valence-electron chi connectivity index (χ4n) is 4.90. The Hall–Kier alpha value is -3.77. The number of ether oxygens (including phenoxy) is 1. The summed E-state index contributed by atoms with van der Waals surface area (Å²) in [6.07, 6.45) is 4.49. The Kier molecular flexibility index (Phi) is 5.43. The third-order valence-corrected chi connectivity index (χ3v) is 6.74. The number of aromatic nitrogens is 2. The standard InChI is InChI=1S/C28H26N4O2/c33-28(24-18-26(21-7-10-29-11-8-21)30-25-4-2-1-3-23(24)25)32-14-12-31(13-15-32)19-20-5-6-27-22(17-20)9-16-34-27/h1-8,10-11,17-18H,9,12-16,19H2. The van der Waals surface area contributed by atoms with Crippen molar-refractivity contribution in [1.29, 1.82) is 0 Å². The van der Waals surface area contributed by atoms with Gasteiger partial charge in [-0.1, -0.05) is 30.3 Å². The molecule has 4 aromatic rings. The number of pyridine rings is 2. The van der Waals surface area contributed by atoms with Crippen LogP contribution in [0.15, 0.2) is 73.1 Å². The van der Waals surface area contributed by atoms with E-state index in [0.717, 1.165) is 60.6 Å². The highest BCUT2D eigenvalue weighted by molar-refractivity contribution is 6.07. The monoisotopic (exact) mass is 450 g/mol. The normalized spacial score (nSPS) is 15.8. The Balaban J connectivity index is 1.20. The van der Waals surface area contributed by atoms with Crippen molar-refractivity contribution in [3.05, 3.63) is 89.7 Å². The number of hydrogen-bond acceptors (Lipinski definition) is 5. The van der Waals surface area contributed by atoms with Gasteiger partial charge in [0.25, 0.3) is 5.91 Å². The van der Waals surface area contributed by atoms with Gasteiger partial charge in [0.15, 0.2) is 0 Å². The fourth-order valence-corrected chi connectivity index (χ4v) is 4.90. The zero-order valence-corrected chi connectivity index (χ0v) is 19.0. The van der Waals surface area contributed by atoms with Crippen molar-refractivity contribution in [2.24, 2.45) is 0 Å². The van der Waals surface area contributed by atoms with E-state index in [-0.39, 0.29) is 5.91 Å². The number of para-hydroxylation sites is 1. The minimum absolute atomic E-state index is 0.0724. The average molecular weight is 451 g/mol. The van der Waals surface area contributed by atoms with Gasteiger partial charge in [0.1, 0.15) is 5.75 Å². The molecule has 0 atom stereocenters. The maximum atomic E-state index is 13.6. The summed E-state index contributed by atoms with van der Waals surface area (Å²) in [5.74, 6) is 1.10. The summed E-state index contributed by atoms with van der Waals surface area (Å²) in [5.41, 5.74) is 5.92. The molecule has 2 aromatic heterocycles. The first-order valence-corrected chi connectivity index (χ1v) is 11.8. The number of carbonyl (C=O) groups is 1. The molecule has 2 aliphatic rings. The Morgan fingerprint density at radius 1 is 0.941 bits per heavy atom. The Labute approximate surface area is 198 Å². The van der Waals surface area contributed by atoms with Crippen molar-refractivity contribution >= 4 is 16.8 Å². The van der Waals surface area contributed by atoms with Crippen LogP contribution in [0.3, 0.4) is 0 Å². The van der Waals surface area contributed by atoms with Gasteiger partial charge in [-0.25, -0.2) is 4.98 Å². The number of carbonyl (C=O) groups excluding carboxylic acids is 1. The van der Waals surface area contributed by atoms with Gasteiger partial charge in [0.05, 0.1) is 23.4 Å². The molecule has 2 aliphatic heterocycles. The topological polar surface area (TPSA) is 58.6 Å². The largest absolute Gasteiger partial charge is 0.493 e. The molecular formula is C28H26N4O2. The Bertz CT molecular complexity index is 1350. The van der Waals surface area contributed by atoms with Crippen molar-refractivity contribution in [3.8, 4) is 17.0 Å². The lowest BCUT2D eigenvalue weighted by Gasteiger charge is -2.35. The van der Waals surface area contributed by atoms with E-state index < -0.39 is 0 Å². The van der Waals surface area contributed by atoms with Gasteiger partial charge < -0.3 is 9.64 Å². The number of rotatable bonds is 4. The summed E-state index contributed by atoms with van der Waals surface area (Å²) in [5, 5.41) is 0.896. The number of hydrogen-bond donors (Lipinski definition) is 0. The molecule has 0 radical (unpaired) electrons. The molecule has 0 spiro atoms. The molecule has 0 aliphatic carbocycles. The van der Waals surface area contributed by atoms with Crippen LogP contribution in [-0.4, -0.2) is 58.5 Å². The predicted molar refractivity (Wildman–Crippen MR) is 132 cm³/mol. The highest BCUT2D eigenvalue weighted by atomic mass is 16.5. The molecular weight excluding hydrogens is 424 g/mol. The van der Waals surface area contributed by atoms with Crippen molar-refractivity contribution < 1.29 is 9.53 Å². The minimum Gasteiger partial charge on any atom is -0.493 e. The second-order valence-electron chi connectivity index (χ2n) is 8.92. The summed E-state index contributed by atoms with van der Waals surface area (Å²) in [7, 11) is 0. The van der Waals surface area contributed by atoms with E-state index in [2.05, 4.69) is 28.1 Å². The highest BCUT2D eigenvalue weighted by Gasteiger charge is 2.25. The zero-order chi connectivity index (χ0) is 22.9. The predicted octanol–water partition coefficient (Wildman–Crippen LogP) is 4.19. The van der Waals surface area contributed by atoms with E-state index in [9.17, 15) is 4.79 Å². The quantitative estimate of drug-likeness (QED) is 0.467. The van der Waals surface area contributed by atoms with E-state index >= 15 is 0 Å². The number of amides is 1. The maximum Gasteiger partial charge on any atom is 0.254 e. The summed E-state index contributed by atoms with van der Waals surface area (Å²) in [6, 6.07) is 20.2. The fraction of sp³-hybridized carbons (Fsp3) is 0.250. The molecule has 1 amide bonds. The van der Waals surface area contributed by atoms with Crippen molar-refractivity contribution in [2.45, 2.75) is 13.0 Å². The van der Waals surface area contributed by atoms with Crippen LogP contribution in [-0.2, 0) is 13.0 Å². The number of nitrogens with zero attached hydrogens (tertiary/aromatic N) is 4. The molecule has 6 heteroatoms. The zero-order valence-electron chi connectivity index (χ0n) is 19.0. The lowest BCUT2D eigenvalue weighted by atomic mass is 10.0. The van der Waals surface area contributed by atoms with Crippen molar-refractivity contribution in [3.63, 3.8) is 0 Å². The molecule has 2 aromatic carbocycles. The van der Waals surface area contributed by atoms with Gasteiger partial charge in [0, 0.05) is 62.5 Å². The van der Waals surface area contributed by atoms with E-state index in [4.69, 9.17) is 9.72 Å². The molecule has 6 nitrogen and oxygen atoms in total. The van der Waals surface area contributed by atoms with Gasteiger partial charge in [0.2, 0.25) is 0 Å². The van der Waals surface area contributed by atoms with Crippen LogP contribution in [0.2, 0.25) is 0 Å². The highest BCUT2D eigenvalue weighted by Crippen LogP contribution is 2.28. The van der Waals surface area contributed by atoms with Gasteiger partial charge in [-0.2, -0.15) is 0 Å². The first-order valence-electron chi connectivity index (χ1n) is 11.8. The van der Waals surface area contributed by atoms with Crippen molar-refractivity contribution in [1.82, 2.24) is 19.8 Å². The van der Waals surface area contributed by atoms with Crippen LogP contribution >= 0.6 is 0 Å². The van der Waals surface area contributed by atoms with Gasteiger partial charge >= 0.3 is 0 Å². The van der Waals surface area contributed by atoms with Gasteiger partial charge in [-0.15, -0.1) is 0 Å². The van der Waals surface area contributed by atoms with Crippen LogP contribution in [0, 0.1) is 0 Å². The summed E-state index contributed by atoms with van der Waals surface area (Å²) < 4.78 is 5.63. The number of fused-ring (bicyclic) bond motifs is 2. The molecule has 0 N–H and O–H groups in total. The second kappa shape index (κ2) is 8.88. The molecule has 34 heavy (non-hydrogen) atoms. The van der Waals surface area contributed by atoms with Crippen LogP contribution in [0.4, 0.5) is 0 Å². The van der Waals surface area contributed by atoms with Crippen molar-refractivity contribution in [2.75, 3.05) is 32.8 Å². The number of benzene rings is 2. The Morgan fingerprint density at radius 3 is 2.62 bits per heavy atom. The smallest absolute Gasteiger partial charge is 0.254 e. The molecule has 6 rings (SSSR count). The lowest BCUT2D eigenvalue weighted by molar-refractivity contribution is 0.0630. The minimum atomic E-state index is 0.0724. The SMILES string of the molecule is O=C(c1cc(-c2ccncc2)nc2ccccc12)N1CCN(Cc2ccc3c(c2)CCO3)CC1. The van der Waals surface area contributed by atoms with E-state index in [0.29, 0.717) is 18.7 Å². The number of piperazine rings is 1.